The quantitative estimate of drug-likeness (QED) is 0.731. The van der Waals surface area contributed by atoms with Crippen molar-refractivity contribution in [3.05, 3.63) is 32.6 Å². The zero-order chi connectivity index (χ0) is 15.1. The summed E-state index contributed by atoms with van der Waals surface area (Å²) in [7, 11) is 1.39. The summed E-state index contributed by atoms with van der Waals surface area (Å²) in [5, 5.41) is 0. The number of likely N-dealkylation sites (tertiary alicyclic amines) is 1. The zero-order valence-corrected chi connectivity index (χ0v) is 12.0. The highest BCUT2D eigenvalue weighted by Gasteiger charge is 2.42. The molecule has 2 heterocycles. The van der Waals surface area contributed by atoms with Gasteiger partial charge in [-0.15, -0.1) is 0 Å². The van der Waals surface area contributed by atoms with Crippen LogP contribution in [0.2, 0.25) is 0 Å². The molecule has 7 nitrogen and oxygen atoms in total. The molecule has 2 atom stereocenters. The molecule has 1 aromatic rings. The summed E-state index contributed by atoms with van der Waals surface area (Å²) in [6, 6.07) is 0.0415. The average Bonchev–Trinajstić information content (AvgIpc) is 3.22. The number of nitrogens with zero attached hydrogens (tertiary/aromatic N) is 2. The topological polar surface area (TPSA) is 101 Å². The van der Waals surface area contributed by atoms with Crippen LogP contribution in [-0.4, -0.2) is 39.5 Å². The zero-order valence-electron chi connectivity index (χ0n) is 12.0. The number of hydrogen-bond acceptors (Lipinski definition) is 4. The fourth-order valence-electron chi connectivity index (χ4n) is 3.10. The lowest BCUT2D eigenvalue weighted by molar-refractivity contribution is -0.129. The molecule has 1 amide bonds. The van der Waals surface area contributed by atoms with E-state index in [0.29, 0.717) is 30.5 Å². The summed E-state index contributed by atoms with van der Waals surface area (Å²) < 4.78 is 0.978. The van der Waals surface area contributed by atoms with E-state index in [1.807, 2.05) is 0 Å². The van der Waals surface area contributed by atoms with Gasteiger partial charge < -0.3 is 15.6 Å². The maximum absolute atomic E-state index is 12.3. The van der Waals surface area contributed by atoms with Gasteiger partial charge in [0, 0.05) is 37.9 Å². The summed E-state index contributed by atoms with van der Waals surface area (Å²) >= 11 is 0. The highest BCUT2D eigenvalue weighted by Crippen LogP contribution is 2.40. The van der Waals surface area contributed by atoms with Crippen molar-refractivity contribution in [2.24, 2.45) is 24.6 Å². The van der Waals surface area contributed by atoms with E-state index in [1.165, 1.54) is 26.1 Å². The van der Waals surface area contributed by atoms with E-state index in [4.69, 9.17) is 5.73 Å². The van der Waals surface area contributed by atoms with E-state index < -0.39 is 11.2 Å². The number of carbonyl (C=O) groups is 1. The van der Waals surface area contributed by atoms with E-state index in [2.05, 4.69) is 4.98 Å². The molecule has 1 saturated carbocycles. The Hall–Kier alpha value is -1.89. The van der Waals surface area contributed by atoms with Gasteiger partial charge in [-0.3, -0.25) is 14.2 Å². The molecule has 0 unspecified atom stereocenters. The van der Waals surface area contributed by atoms with Crippen molar-refractivity contribution in [1.29, 1.82) is 0 Å². The van der Waals surface area contributed by atoms with Crippen molar-refractivity contribution in [2.45, 2.75) is 25.3 Å². The molecule has 1 aliphatic heterocycles. The van der Waals surface area contributed by atoms with Gasteiger partial charge in [0.15, 0.2) is 0 Å². The number of hydrogen-bond donors (Lipinski definition) is 2. The van der Waals surface area contributed by atoms with Crippen LogP contribution in [0.25, 0.3) is 0 Å². The molecule has 0 radical (unpaired) electrons. The second-order valence-corrected chi connectivity index (χ2v) is 6.12. The summed E-state index contributed by atoms with van der Waals surface area (Å²) in [5.74, 6) is 0.962. The molecule has 1 saturated heterocycles. The highest BCUT2D eigenvalue weighted by molar-refractivity contribution is 5.79. The Labute approximate surface area is 121 Å². The third-order valence-corrected chi connectivity index (χ3v) is 4.59. The van der Waals surface area contributed by atoms with E-state index >= 15 is 0 Å². The van der Waals surface area contributed by atoms with E-state index in [-0.39, 0.29) is 18.4 Å². The van der Waals surface area contributed by atoms with Gasteiger partial charge in [-0.25, -0.2) is 4.79 Å². The van der Waals surface area contributed by atoms with E-state index in [9.17, 15) is 14.4 Å². The van der Waals surface area contributed by atoms with Crippen LogP contribution in [0.15, 0.2) is 15.8 Å². The molecular formula is C14H20N4O3. The molecule has 0 spiro atoms. The van der Waals surface area contributed by atoms with Crippen molar-refractivity contribution >= 4 is 5.91 Å². The molecule has 2 fully saturated rings. The Balaban J connectivity index is 1.71. The van der Waals surface area contributed by atoms with Crippen LogP contribution in [0.4, 0.5) is 0 Å². The molecule has 2 aliphatic rings. The molecular weight excluding hydrogens is 272 g/mol. The molecule has 3 N–H and O–H groups in total. The van der Waals surface area contributed by atoms with Crippen LogP contribution in [0.1, 0.15) is 18.4 Å². The summed E-state index contributed by atoms with van der Waals surface area (Å²) in [4.78, 5) is 39.8. The van der Waals surface area contributed by atoms with Crippen LogP contribution in [0.3, 0.4) is 0 Å². The maximum Gasteiger partial charge on any atom is 0.328 e. The monoisotopic (exact) mass is 292 g/mol. The Morgan fingerprint density at radius 2 is 2.10 bits per heavy atom. The molecule has 7 heteroatoms. The number of nitrogens with one attached hydrogen (secondary N) is 1. The van der Waals surface area contributed by atoms with E-state index in [1.54, 1.807) is 4.90 Å². The van der Waals surface area contributed by atoms with Crippen molar-refractivity contribution in [1.82, 2.24) is 14.5 Å². The fraction of sp³-hybridized carbons (Fsp3) is 0.643. The van der Waals surface area contributed by atoms with Crippen LogP contribution < -0.4 is 17.0 Å². The largest absolute Gasteiger partial charge is 0.340 e. The van der Waals surface area contributed by atoms with Gasteiger partial charge in [-0.1, -0.05) is 0 Å². The number of rotatable bonds is 3. The lowest BCUT2D eigenvalue weighted by Crippen LogP contribution is -2.38. The Bertz CT molecular complexity index is 674. The standard InChI is InChI=1S/C14H20N4O3/c1-17-13(20)9(5-16-14(17)21)4-12(19)18-6-10(8-2-3-8)11(15)7-18/h5,8,10-11H,2-4,6-7,15H2,1H3,(H,16,21)/t10-,11+/m1/s1. The van der Waals surface area contributed by atoms with Crippen LogP contribution in [0.5, 0.6) is 0 Å². The molecule has 21 heavy (non-hydrogen) atoms. The van der Waals surface area contributed by atoms with Crippen molar-refractivity contribution in [3.8, 4) is 0 Å². The van der Waals surface area contributed by atoms with Crippen molar-refractivity contribution in [2.75, 3.05) is 13.1 Å². The minimum atomic E-state index is -0.479. The number of amides is 1. The van der Waals surface area contributed by atoms with Gasteiger partial charge in [-0.2, -0.15) is 0 Å². The first kappa shape index (κ1) is 14.1. The predicted octanol–water partition coefficient (Wildman–Crippen LogP) is -1.19. The van der Waals surface area contributed by atoms with Crippen LogP contribution in [-0.2, 0) is 18.3 Å². The van der Waals surface area contributed by atoms with Gasteiger partial charge in [-0.05, 0) is 24.7 Å². The van der Waals surface area contributed by atoms with Crippen LogP contribution in [0, 0.1) is 11.8 Å². The first-order chi connectivity index (χ1) is 9.97. The van der Waals surface area contributed by atoms with Gasteiger partial charge in [0.25, 0.3) is 5.56 Å². The lowest BCUT2D eigenvalue weighted by atomic mass is 9.99. The average molecular weight is 292 g/mol. The van der Waals surface area contributed by atoms with Crippen molar-refractivity contribution < 1.29 is 4.79 Å². The number of nitrogens with two attached hydrogens (primary N) is 1. The fourth-order valence-corrected chi connectivity index (χ4v) is 3.10. The molecule has 0 bridgehead atoms. The number of aromatic amines is 1. The summed E-state index contributed by atoms with van der Waals surface area (Å²) in [6.45, 7) is 1.25. The first-order valence-electron chi connectivity index (χ1n) is 7.28. The third kappa shape index (κ3) is 2.65. The van der Waals surface area contributed by atoms with Crippen molar-refractivity contribution in [3.63, 3.8) is 0 Å². The summed E-state index contributed by atoms with van der Waals surface area (Å²) in [6.07, 6.45) is 3.76. The molecule has 1 aromatic heterocycles. The molecule has 1 aliphatic carbocycles. The lowest BCUT2D eigenvalue weighted by Gasteiger charge is -2.16. The smallest absolute Gasteiger partial charge is 0.328 e. The first-order valence-corrected chi connectivity index (χ1v) is 7.28. The van der Waals surface area contributed by atoms with Gasteiger partial charge in [0.05, 0.1) is 6.42 Å². The summed E-state index contributed by atoms with van der Waals surface area (Å²) in [5.41, 5.74) is 5.52. The highest BCUT2D eigenvalue weighted by atomic mass is 16.2. The predicted molar refractivity (Wildman–Crippen MR) is 76.8 cm³/mol. The number of H-pyrrole nitrogens is 1. The number of aromatic nitrogens is 2. The van der Waals surface area contributed by atoms with Gasteiger partial charge >= 0.3 is 5.69 Å². The second-order valence-electron chi connectivity index (χ2n) is 6.12. The molecule has 3 rings (SSSR count). The maximum atomic E-state index is 12.3. The van der Waals surface area contributed by atoms with Crippen LogP contribution >= 0.6 is 0 Å². The van der Waals surface area contributed by atoms with Gasteiger partial charge in [0.2, 0.25) is 5.91 Å². The normalized spacial score (nSPS) is 25.3. The van der Waals surface area contributed by atoms with E-state index in [0.717, 1.165) is 4.57 Å². The Morgan fingerprint density at radius 3 is 2.76 bits per heavy atom. The third-order valence-electron chi connectivity index (χ3n) is 4.59. The van der Waals surface area contributed by atoms with Gasteiger partial charge in [0.1, 0.15) is 0 Å². The minimum Gasteiger partial charge on any atom is -0.340 e. The molecule has 114 valence electrons. The SMILES string of the molecule is Cn1c(=O)[nH]cc(CC(=O)N2C[C@H](C3CC3)[C@@H](N)C2)c1=O. The Morgan fingerprint density at radius 1 is 1.38 bits per heavy atom. The second kappa shape index (κ2) is 5.14. The molecule has 0 aromatic carbocycles. The minimum absolute atomic E-state index is 0.00750. The number of carbonyl (C=O) groups excluding carboxylic acids is 1. The Kier molecular flexibility index (Phi) is 3.44.